The molecule has 9 nitrogen and oxygen atoms in total. The summed E-state index contributed by atoms with van der Waals surface area (Å²) in [4.78, 5) is 23.9. The highest BCUT2D eigenvalue weighted by Crippen LogP contribution is 2.22. The predicted octanol–water partition coefficient (Wildman–Crippen LogP) is 0.987. The Hall–Kier alpha value is -2.20. The second-order valence-corrected chi connectivity index (χ2v) is 8.11. The molecule has 1 saturated heterocycles. The summed E-state index contributed by atoms with van der Waals surface area (Å²) in [5.74, 6) is -0.472. The molecule has 2 rings (SSSR count). The number of aliphatic hydroxyl groups is 1. The first kappa shape index (κ1) is 24.1. The molecule has 1 heterocycles. The second-order valence-electron chi connectivity index (χ2n) is 8.11. The van der Waals surface area contributed by atoms with Gasteiger partial charge < -0.3 is 34.7 Å². The number of hydrogen-bond acceptors (Lipinski definition) is 7. The topological polar surface area (TPSA) is 115 Å². The van der Waals surface area contributed by atoms with Gasteiger partial charge in [-0.1, -0.05) is 30.3 Å². The van der Waals surface area contributed by atoms with Gasteiger partial charge in [0.05, 0.1) is 25.9 Å². The van der Waals surface area contributed by atoms with Gasteiger partial charge in [0.2, 0.25) is 5.91 Å². The van der Waals surface area contributed by atoms with Crippen LogP contribution < -0.4 is 10.6 Å². The summed E-state index contributed by atoms with van der Waals surface area (Å²) in [5, 5.41) is 15.7. The molecule has 4 atom stereocenters. The van der Waals surface area contributed by atoms with E-state index < -0.39 is 42.0 Å². The molecule has 3 N–H and O–H groups in total. The van der Waals surface area contributed by atoms with Crippen LogP contribution in [0.3, 0.4) is 0 Å². The molecule has 1 fully saturated rings. The number of benzene rings is 1. The van der Waals surface area contributed by atoms with Crippen LogP contribution in [0, 0.1) is 0 Å². The fraction of sp³-hybridized carbons (Fsp3) is 0.619. The predicted molar refractivity (Wildman–Crippen MR) is 109 cm³/mol. The lowest BCUT2D eigenvalue weighted by molar-refractivity contribution is -0.122. The Morgan fingerprint density at radius 1 is 1.13 bits per heavy atom. The van der Waals surface area contributed by atoms with Crippen LogP contribution in [0.5, 0.6) is 0 Å². The van der Waals surface area contributed by atoms with Crippen molar-refractivity contribution in [3.05, 3.63) is 35.9 Å². The first-order chi connectivity index (χ1) is 14.2. The average Bonchev–Trinajstić information content (AvgIpc) is 2.95. The molecule has 0 unspecified atom stereocenters. The summed E-state index contributed by atoms with van der Waals surface area (Å²) in [6.45, 7) is 5.65. The van der Waals surface area contributed by atoms with E-state index in [9.17, 15) is 14.7 Å². The Morgan fingerprint density at radius 3 is 2.47 bits per heavy atom. The molecular formula is C21H32N2O7. The number of rotatable bonds is 9. The summed E-state index contributed by atoms with van der Waals surface area (Å²) >= 11 is 0. The third kappa shape index (κ3) is 7.91. The van der Waals surface area contributed by atoms with Gasteiger partial charge in [-0.05, 0) is 26.3 Å². The van der Waals surface area contributed by atoms with Crippen LogP contribution in [0.15, 0.2) is 30.3 Å². The summed E-state index contributed by atoms with van der Waals surface area (Å²) in [5.41, 5.74) is 0.351. The fourth-order valence-electron chi connectivity index (χ4n) is 3.03. The molecular weight excluding hydrogens is 392 g/mol. The lowest BCUT2D eigenvalue weighted by Crippen LogP contribution is -2.51. The van der Waals surface area contributed by atoms with Crippen molar-refractivity contribution < 1.29 is 33.6 Å². The average molecular weight is 424 g/mol. The zero-order valence-electron chi connectivity index (χ0n) is 17.9. The van der Waals surface area contributed by atoms with E-state index in [2.05, 4.69) is 10.6 Å². The van der Waals surface area contributed by atoms with Crippen molar-refractivity contribution in [2.45, 2.75) is 57.3 Å². The van der Waals surface area contributed by atoms with E-state index in [1.807, 2.05) is 30.3 Å². The van der Waals surface area contributed by atoms with Crippen molar-refractivity contribution in [2.75, 3.05) is 26.9 Å². The van der Waals surface area contributed by atoms with Gasteiger partial charge >= 0.3 is 6.09 Å². The second kappa shape index (κ2) is 11.3. The molecule has 168 valence electrons. The zero-order chi connectivity index (χ0) is 22.1. The third-order valence-electron chi connectivity index (χ3n) is 4.34. The SMILES string of the molecule is COC[C@H]1O[C@H](COCc2ccccc2)[C@@H](O)[C@H]1NC(=O)CNC(=O)OC(C)(C)C. The lowest BCUT2D eigenvalue weighted by Gasteiger charge is -2.22. The quantitative estimate of drug-likeness (QED) is 0.541. The van der Waals surface area contributed by atoms with E-state index in [0.29, 0.717) is 6.61 Å². The van der Waals surface area contributed by atoms with Gasteiger partial charge in [0, 0.05) is 7.11 Å². The van der Waals surface area contributed by atoms with Gasteiger partial charge in [-0.3, -0.25) is 4.79 Å². The number of alkyl carbamates (subject to hydrolysis) is 1. The van der Waals surface area contributed by atoms with Gasteiger partial charge in [0.25, 0.3) is 0 Å². The normalized spacial score (nSPS) is 23.8. The highest BCUT2D eigenvalue weighted by Gasteiger charge is 2.44. The van der Waals surface area contributed by atoms with Gasteiger partial charge in [-0.2, -0.15) is 0 Å². The first-order valence-electron chi connectivity index (χ1n) is 9.90. The van der Waals surface area contributed by atoms with Crippen LogP contribution >= 0.6 is 0 Å². The van der Waals surface area contributed by atoms with Gasteiger partial charge in [-0.25, -0.2) is 4.79 Å². The minimum absolute atomic E-state index is 0.165. The van der Waals surface area contributed by atoms with Crippen LogP contribution in [0.1, 0.15) is 26.3 Å². The largest absolute Gasteiger partial charge is 0.444 e. The lowest BCUT2D eigenvalue weighted by atomic mass is 10.1. The maximum atomic E-state index is 12.3. The van der Waals surface area contributed by atoms with Crippen molar-refractivity contribution in [1.29, 1.82) is 0 Å². The first-order valence-corrected chi connectivity index (χ1v) is 9.90. The summed E-state index contributed by atoms with van der Waals surface area (Å²) in [6, 6.07) is 8.97. The smallest absolute Gasteiger partial charge is 0.408 e. The molecule has 9 heteroatoms. The highest BCUT2D eigenvalue weighted by atomic mass is 16.6. The number of nitrogens with one attached hydrogen (secondary N) is 2. The molecule has 1 aliphatic rings. The Labute approximate surface area is 177 Å². The van der Waals surface area contributed by atoms with Crippen molar-refractivity contribution in [2.24, 2.45) is 0 Å². The third-order valence-corrected chi connectivity index (χ3v) is 4.34. The van der Waals surface area contributed by atoms with Crippen molar-refractivity contribution in [3.63, 3.8) is 0 Å². The minimum atomic E-state index is -0.980. The molecule has 0 aromatic heterocycles. The van der Waals surface area contributed by atoms with E-state index >= 15 is 0 Å². The van der Waals surface area contributed by atoms with Crippen LogP contribution in [-0.2, 0) is 30.3 Å². The molecule has 0 spiro atoms. The van der Waals surface area contributed by atoms with E-state index in [0.717, 1.165) is 5.56 Å². The summed E-state index contributed by atoms with van der Waals surface area (Å²) in [7, 11) is 1.51. The highest BCUT2D eigenvalue weighted by molar-refractivity contribution is 5.82. The van der Waals surface area contributed by atoms with Gasteiger partial charge in [0.1, 0.15) is 30.5 Å². The summed E-state index contributed by atoms with van der Waals surface area (Å²) in [6.07, 6.45) is -2.83. The van der Waals surface area contributed by atoms with E-state index in [1.165, 1.54) is 7.11 Å². The van der Waals surface area contributed by atoms with E-state index in [-0.39, 0.29) is 19.8 Å². The minimum Gasteiger partial charge on any atom is -0.444 e. The molecule has 1 aliphatic heterocycles. The van der Waals surface area contributed by atoms with Crippen LogP contribution in [0.2, 0.25) is 0 Å². The van der Waals surface area contributed by atoms with Crippen molar-refractivity contribution >= 4 is 12.0 Å². The molecule has 0 aliphatic carbocycles. The monoisotopic (exact) mass is 424 g/mol. The number of carbonyl (C=O) groups is 2. The van der Waals surface area contributed by atoms with Crippen LogP contribution in [0.4, 0.5) is 4.79 Å². The number of methoxy groups -OCH3 is 1. The standard InChI is InChI=1S/C21H32N2O7/c1-21(2,3)30-20(26)22-10-17(24)23-18-15(12-27-4)29-16(19(18)25)13-28-11-14-8-6-5-7-9-14/h5-9,15-16,18-19,25H,10-13H2,1-4H3,(H,22,26)(H,23,24)/t15-,16-,18+,19-/m1/s1. The Bertz CT molecular complexity index is 678. The van der Waals surface area contributed by atoms with Crippen molar-refractivity contribution in [1.82, 2.24) is 10.6 Å². The van der Waals surface area contributed by atoms with Crippen molar-refractivity contribution in [3.8, 4) is 0 Å². The molecule has 0 radical (unpaired) electrons. The Morgan fingerprint density at radius 2 is 1.83 bits per heavy atom. The van der Waals surface area contributed by atoms with Crippen LogP contribution in [0.25, 0.3) is 0 Å². The van der Waals surface area contributed by atoms with Crippen LogP contribution in [-0.4, -0.2) is 73.9 Å². The molecule has 30 heavy (non-hydrogen) atoms. The molecule has 2 amide bonds. The van der Waals surface area contributed by atoms with E-state index in [4.69, 9.17) is 18.9 Å². The zero-order valence-corrected chi connectivity index (χ0v) is 17.9. The van der Waals surface area contributed by atoms with Gasteiger partial charge in [0.15, 0.2) is 0 Å². The Balaban J connectivity index is 1.83. The maximum Gasteiger partial charge on any atom is 0.408 e. The fourth-order valence-corrected chi connectivity index (χ4v) is 3.03. The number of aliphatic hydroxyl groups excluding tert-OH is 1. The number of hydrogen-bond donors (Lipinski definition) is 3. The summed E-state index contributed by atoms with van der Waals surface area (Å²) < 4.78 is 21.7. The molecule has 0 bridgehead atoms. The number of carbonyl (C=O) groups excluding carboxylic acids is 2. The van der Waals surface area contributed by atoms with E-state index in [1.54, 1.807) is 20.8 Å². The number of amides is 2. The Kier molecular flexibility index (Phi) is 9.04. The molecule has 0 saturated carbocycles. The van der Waals surface area contributed by atoms with Gasteiger partial charge in [-0.15, -0.1) is 0 Å². The number of ether oxygens (including phenoxy) is 4. The molecule has 1 aromatic rings. The molecule has 1 aromatic carbocycles. The maximum absolute atomic E-state index is 12.3.